The zero-order chi connectivity index (χ0) is 21.4. The van der Waals surface area contributed by atoms with Crippen molar-refractivity contribution in [2.45, 2.75) is 20.0 Å². The predicted octanol–water partition coefficient (Wildman–Crippen LogP) is 5.69. The van der Waals surface area contributed by atoms with Crippen LogP contribution in [0.2, 0.25) is 0 Å². The van der Waals surface area contributed by atoms with Crippen molar-refractivity contribution in [1.82, 2.24) is 0 Å². The molecule has 146 valence electrons. The third kappa shape index (κ3) is 5.60. The van der Waals surface area contributed by atoms with Crippen LogP contribution in [0.5, 0.6) is 5.75 Å². The maximum Gasteiger partial charge on any atom is 0.417 e. The van der Waals surface area contributed by atoms with Gasteiger partial charge in [-0.25, -0.2) is 0 Å². The minimum Gasteiger partial charge on any atom is -0.508 e. The maximum atomic E-state index is 13.3. The number of phenols is 1. The molecule has 29 heavy (non-hydrogen) atoms. The van der Waals surface area contributed by atoms with E-state index in [0.29, 0.717) is 28.3 Å². The molecule has 0 heterocycles. The predicted molar refractivity (Wildman–Crippen MR) is 107 cm³/mol. The molecule has 0 radical (unpaired) electrons. The summed E-state index contributed by atoms with van der Waals surface area (Å²) in [6.45, 7) is 3.56. The van der Waals surface area contributed by atoms with Crippen molar-refractivity contribution in [1.29, 1.82) is 5.26 Å². The van der Waals surface area contributed by atoms with Gasteiger partial charge in [0.2, 0.25) is 0 Å². The highest BCUT2D eigenvalue weighted by Crippen LogP contribution is 2.34. The van der Waals surface area contributed by atoms with Gasteiger partial charge in [-0.2, -0.15) is 18.4 Å². The highest BCUT2D eigenvalue weighted by Gasteiger charge is 2.33. The number of nitrogens with zero attached hydrogens (tertiary/aromatic N) is 2. The average molecular weight is 394 g/mol. The Morgan fingerprint density at radius 1 is 1.07 bits per heavy atom. The van der Waals surface area contributed by atoms with Crippen LogP contribution >= 0.6 is 0 Å². The molecule has 0 aliphatic rings. The lowest BCUT2D eigenvalue weighted by Crippen LogP contribution is -2.07. The number of halogens is 3. The molecule has 1 N–H and O–H groups in total. The summed E-state index contributed by atoms with van der Waals surface area (Å²) in [5, 5.41) is 18.6. The molecule has 0 saturated carbocycles. The lowest BCUT2D eigenvalue weighted by molar-refractivity contribution is -0.137. The summed E-state index contributed by atoms with van der Waals surface area (Å²) in [5.74, 6) is 4.81. The zero-order valence-electron chi connectivity index (χ0n) is 15.7. The summed E-state index contributed by atoms with van der Waals surface area (Å²) in [6.07, 6.45) is 2.09. The molecule has 0 fully saturated rings. The Balaban J connectivity index is 2.67. The zero-order valence-corrected chi connectivity index (χ0v) is 15.7. The number of aliphatic imine (C=N–C) groups is 1. The van der Waals surface area contributed by atoms with Gasteiger partial charge in [0.15, 0.2) is 0 Å². The van der Waals surface area contributed by atoms with E-state index in [1.165, 1.54) is 0 Å². The Kier molecular flexibility index (Phi) is 7.00. The molecule has 6 heteroatoms. The van der Waals surface area contributed by atoms with Gasteiger partial charge in [0.1, 0.15) is 5.75 Å². The monoisotopic (exact) mass is 394 g/mol. The van der Waals surface area contributed by atoms with Crippen LogP contribution in [0, 0.1) is 23.2 Å². The standard InChI is InChI=1S/C23H17F3N2O/c1-3-5-19(15-28-4-2)21-12-16(14-27)6-7-17(21)8-9-18-10-11-20(29)13-22(18)23(24,25)26/h3-7,10-13,15,29H,1-2H3/b5-3-,19-15+,28-4?. The van der Waals surface area contributed by atoms with Crippen LogP contribution in [0.1, 0.15) is 41.7 Å². The Bertz CT molecular complexity index is 1090. The second kappa shape index (κ2) is 9.43. The van der Waals surface area contributed by atoms with E-state index >= 15 is 0 Å². The van der Waals surface area contributed by atoms with Gasteiger partial charge in [-0.3, -0.25) is 4.99 Å². The number of nitriles is 1. The summed E-state index contributed by atoms with van der Waals surface area (Å²) in [5.41, 5.74) is 0.804. The van der Waals surface area contributed by atoms with Crippen molar-refractivity contribution in [2.24, 2.45) is 4.99 Å². The van der Waals surface area contributed by atoms with Crippen LogP contribution in [-0.2, 0) is 6.18 Å². The fourth-order valence-corrected chi connectivity index (χ4v) is 2.51. The summed E-state index contributed by atoms with van der Waals surface area (Å²) in [7, 11) is 0. The van der Waals surface area contributed by atoms with E-state index in [1.54, 1.807) is 49.7 Å². The number of aromatic hydroxyl groups is 1. The summed E-state index contributed by atoms with van der Waals surface area (Å²) < 4.78 is 39.8. The Morgan fingerprint density at radius 2 is 1.76 bits per heavy atom. The number of rotatable bonds is 3. The Labute approximate surface area is 167 Å². The topological polar surface area (TPSA) is 56.4 Å². The smallest absolute Gasteiger partial charge is 0.417 e. The van der Waals surface area contributed by atoms with E-state index in [2.05, 4.69) is 16.8 Å². The number of allylic oxidation sites excluding steroid dienone is 3. The molecule has 0 aromatic heterocycles. The van der Waals surface area contributed by atoms with E-state index in [4.69, 9.17) is 0 Å². The van der Waals surface area contributed by atoms with Gasteiger partial charge in [0, 0.05) is 34.7 Å². The SMILES string of the molecule is CC=N/C=C(\C=C/C)c1cc(C#N)ccc1C#Cc1ccc(O)cc1C(F)(F)F. The fraction of sp³-hybridized carbons (Fsp3) is 0.130. The van der Waals surface area contributed by atoms with Crippen LogP contribution < -0.4 is 0 Å². The maximum absolute atomic E-state index is 13.3. The molecule has 2 rings (SSSR count). The van der Waals surface area contributed by atoms with Crippen molar-refractivity contribution in [3.63, 3.8) is 0 Å². The number of phenolic OH excluding ortho intramolecular Hbond substituents is 1. The fourth-order valence-electron chi connectivity index (χ4n) is 2.51. The molecule has 2 aromatic carbocycles. The third-order valence-corrected chi connectivity index (χ3v) is 3.81. The lowest BCUT2D eigenvalue weighted by atomic mass is 9.97. The van der Waals surface area contributed by atoms with E-state index in [0.717, 1.165) is 12.1 Å². The number of hydrogen-bond acceptors (Lipinski definition) is 3. The van der Waals surface area contributed by atoms with E-state index in [9.17, 15) is 23.5 Å². The highest BCUT2D eigenvalue weighted by molar-refractivity contribution is 5.79. The number of benzene rings is 2. The number of alkyl halides is 3. The molecular weight excluding hydrogens is 377 g/mol. The minimum absolute atomic E-state index is 0.256. The van der Waals surface area contributed by atoms with Crippen molar-refractivity contribution in [3.8, 4) is 23.7 Å². The molecule has 0 aliphatic heterocycles. The molecule has 0 aliphatic carbocycles. The van der Waals surface area contributed by atoms with E-state index in [-0.39, 0.29) is 5.56 Å². The lowest BCUT2D eigenvalue weighted by Gasteiger charge is -2.09. The molecule has 2 aromatic rings. The van der Waals surface area contributed by atoms with Crippen molar-refractivity contribution in [3.05, 3.63) is 82.6 Å². The second-order valence-electron chi connectivity index (χ2n) is 5.84. The molecule has 0 unspecified atom stereocenters. The Hall–Kier alpha value is -3.77. The minimum atomic E-state index is -4.65. The van der Waals surface area contributed by atoms with E-state index in [1.807, 2.05) is 13.0 Å². The Morgan fingerprint density at radius 3 is 2.38 bits per heavy atom. The van der Waals surface area contributed by atoms with Crippen LogP contribution in [0.15, 0.2) is 59.7 Å². The average Bonchev–Trinajstić information content (AvgIpc) is 2.69. The first kappa shape index (κ1) is 21.5. The second-order valence-corrected chi connectivity index (χ2v) is 5.84. The van der Waals surface area contributed by atoms with Gasteiger partial charge in [-0.05, 0) is 50.2 Å². The quantitative estimate of drug-likeness (QED) is 0.413. The van der Waals surface area contributed by atoms with Gasteiger partial charge >= 0.3 is 6.18 Å². The first-order valence-corrected chi connectivity index (χ1v) is 8.57. The molecule has 0 atom stereocenters. The number of hydrogen-bond donors (Lipinski definition) is 1. The molecule has 0 bridgehead atoms. The molecule has 3 nitrogen and oxygen atoms in total. The van der Waals surface area contributed by atoms with Gasteiger partial charge in [-0.15, -0.1) is 0 Å². The normalized spacial score (nSPS) is 12.1. The summed E-state index contributed by atoms with van der Waals surface area (Å²) in [6, 6.07) is 9.71. The van der Waals surface area contributed by atoms with Gasteiger partial charge in [0.25, 0.3) is 0 Å². The van der Waals surface area contributed by atoms with Crippen LogP contribution in [0.3, 0.4) is 0 Å². The van der Waals surface area contributed by atoms with Gasteiger partial charge < -0.3 is 5.11 Å². The van der Waals surface area contributed by atoms with Crippen LogP contribution in [-0.4, -0.2) is 11.3 Å². The molecule has 0 amide bonds. The first-order valence-electron chi connectivity index (χ1n) is 8.57. The first-order chi connectivity index (χ1) is 13.8. The summed E-state index contributed by atoms with van der Waals surface area (Å²) in [4.78, 5) is 4.09. The van der Waals surface area contributed by atoms with Crippen LogP contribution in [0.25, 0.3) is 5.57 Å². The highest BCUT2D eigenvalue weighted by atomic mass is 19.4. The van der Waals surface area contributed by atoms with Gasteiger partial charge in [-0.1, -0.05) is 24.0 Å². The van der Waals surface area contributed by atoms with Gasteiger partial charge in [0.05, 0.1) is 17.2 Å². The summed E-state index contributed by atoms with van der Waals surface area (Å²) >= 11 is 0. The molecule has 0 saturated heterocycles. The third-order valence-electron chi connectivity index (χ3n) is 3.81. The molecular formula is C23H17F3N2O. The van der Waals surface area contributed by atoms with Crippen molar-refractivity contribution in [2.75, 3.05) is 0 Å². The van der Waals surface area contributed by atoms with Crippen molar-refractivity contribution >= 4 is 11.8 Å². The van der Waals surface area contributed by atoms with Crippen LogP contribution in [0.4, 0.5) is 13.2 Å². The largest absolute Gasteiger partial charge is 0.508 e. The van der Waals surface area contributed by atoms with E-state index < -0.39 is 17.5 Å². The van der Waals surface area contributed by atoms with Crippen molar-refractivity contribution < 1.29 is 18.3 Å². The molecule has 0 spiro atoms.